The van der Waals surface area contributed by atoms with Crippen LogP contribution in [-0.4, -0.2) is 51.1 Å². The number of H-pyrrole nitrogens is 1. The number of hydrogen-bond acceptors (Lipinski definition) is 6. The number of anilines is 2. The van der Waals surface area contributed by atoms with E-state index in [9.17, 15) is 0 Å². The second-order valence-electron chi connectivity index (χ2n) is 7.81. The highest BCUT2D eigenvalue weighted by Gasteiger charge is 2.29. The molecule has 0 spiro atoms. The minimum atomic E-state index is 0.404. The third-order valence-electron chi connectivity index (χ3n) is 5.74. The average Bonchev–Trinajstić information content (AvgIpc) is 3.48. The van der Waals surface area contributed by atoms with Crippen molar-refractivity contribution in [1.29, 1.82) is 0 Å². The Balaban J connectivity index is 1.39. The predicted molar refractivity (Wildman–Crippen MR) is 106 cm³/mol. The van der Waals surface area contributed by atoms with Crippen LogP contribution < -0.4 is 9.80 Å². The smallest absolute Gasteiger partial charge is 0.156 e. The van der Waals surface area contributed by atoms with Crippen molar-refractivity contribution in [2.75, 3.05) is 29.9 Å². The van der Waals surface area contributed by atoms with Crippen LogP contribution in [0.2, 0.25) is 0 Å². The lowest BCUT2D eigenvalue weighted by Gasteiger charge is -2.38. The molecule has 0 bridgehead atoms. The molecule has 0 radical (unpaired) electrons. The standard InChI is InChI=1S/C20H25N7/c1-13-10-16-18(24-13)20(23-12-22-16)27-9-3-4-15(11-27)26(2)17-7-8-21-19(25-17)14-5-6-14/h7-8,10,12,14-15,24H,3-6,9,11H2,1-2H3. The van der Waals surface area contributed by atoms with Gasteiger partial charge in [-0.1, -0.05) is 0 Å². The molecule has 1 atom stereocenters. The van der Waals surface area contributed by atoms with E-state index in [0.717, 1.165) is 60.1 Å². The van der Waals surface area contributed by atoms with Gasteiger partial charge in [-0.25, -0.2) is 19.9 Å². The molecule has 7 heteroatoms. The Labute approximate surface area is 158 Å². The summed E-state index contributed by atoms with van der Waals surface area (Å²) in [5.74, 6) is 3.62. The molecule has 5 rings (SSSR count). The number of rotatable bonds is 4. The maximum absolute atomic E-state index is 4.83. The van der Waals surface area contributed by atoms with Crippen LogP contribution in [0.5, 0.6) is 0 Å². The van der Waals surface area contributed by atoms with E-state index >= 15 is 0 Å². The van der Waals surface area contributed by atoms with Crippen molar-refractivity contribution in [3.05, 3.63) is 36.2 Å². The molecule has 3 aromatic heterocycles. The Kier molecular flexibility index (Phi) is 3.95. The summed E-state index contributed by atoms with van der Waals surface area (Å²) < 4.78 is 0. The lowest BCUT2D eigenvalue weighted by Crippen LogP contribution is -2.47. The zero-order valence-corrected chi connectivity index (χ0v) is 15.9. The van der Waals surface area contributed by atoms with Gasteiger partial charge < -0.3 is 14.8 Å². The van der Waals surface area contributed by atoms with Crippen molar-refractivity contribution in [1.82, 2.24) is 24.9 Å². The maximum atomic E-state index is 4.83. The largest absolute Gasteiger partial charge is 0.355 e. The summed E-state index contributed by atoms with van der Waals surface area (Å²) in [6.45, 7) is 4.01. The van der Waals surface area contributed by atoms with Crippen LogP contribution in [0.25, 0.3) is 11.0 Å². The monoisotopic (exact) mass is 363 g/mol. The molecule has 3 aromatic rings. The van der Waals surface area contributed by atoms with Gasteiger partial charge in [-0.3, -0.25) is 0 Å². The second kappa shape index (κ2) is 6.48. The molecule has 2 aliphatic rings. The molecular weight excluding hydrogens is 338 g/mol. The summed E-state index contributed by atoms with van der Waals surface area (Å²) in [4.78, 5) is 26.4. The number of fused-ring (bicyclic) bond motifs is 1. The molecule has 1 saturated heterocycles. The van der Waals surface area contributed by atoms with Gasteiger partial charge in [0, 0.05) is 44.0 Å². The molecule has 2 fully saturated rings. The van der Waals surface area contributed by atoms with Crippen LogP contribution in [0, 0.1) is 6.92 Å². The number of piperidine rings is 1. The van der Waals surface area contributed by atoms with Crippen molar-refractivity contribution in [2.24, 2.45) is 0 Å². The van der Waals surface area contributed by atoms with Crippen LogP contribution in [-0.2, 0) is 0 Å². The Morgan fingerprint density at radius 1 is 1.19 bits per heavy atom. The molecule has 1 unspecified atom stereocenters. The van der Waals surface area contributed by atoms with E-state index in [2.05, 4.69) is 49.8 Å². The zero-order chi connectivity index (χ0) is 18.4. The summed E-state index contributed by atoms with van der Waals surface area (Å²) in [6.07, 6.45) is 8.33. The van der Waals surface area contributed by atoms with Gasteiger partial charge >= 0.3 is 0 Å². The molecular formula is C20H25N7. The number of nitrogens with one attached hydrogen (secondary N) is 1. The summed E-state index contributed by atoms with van der Waals surface area (Å²) in [5, 5.41) is 0. The van der Waals surface area contributed by atoms with Gasteiger partial charge in [-0.2, -0.15) is 0 Å². The first kappa shape index (κ1) is 16.5. The molecule has 1 saturated carbocycles. The predicted octanol–water partition coefficient (Wildman–Crippen LogP) is 3.04. The van der Waals surface area contributed by atoms with Crippen LogP contribution >= 0.6 is 0 Å². The van der Waals surface area contributed by atoms with E-state index in [1.165, 1.54) is 12.8 Å². The van der Waals surface area contributed by atoms with E-state index in [0.29, 0.717) is 12.0 Å². The quantitative estimate of drug-likeness (QED) is 0.768. The normalized spacial score (nSPS) is 20.2. The fraction of sp³-hybridized carbons (Fsp3) is 0.500. The molecule has 1 aliphatic heterocycles. The van der Waals surface area contributed by atoms with Crippen molar-refractivity contribution >= 4 is 22.7 Å². The van der Waals surface area contributed by atoms with Crippen molar-refractivity contribution in [2.45, 2.75) is 44.6 Å². The molecule has 4 heterocycles. The molecule has 140 valence electrons. The molecule has 0 amide bonds. The number of hydrogen-bond donors (Lipinski definition) is 1. The Morgan fingerprint density at radius 2 is 2.07 bits per heavy atom. The Morgan fingerprint density at radius 3 is 2.93 bits per heavy atom. The number of aromatic nitrogens is 5. The maximum Gasteiger partial charge on any atom is 0.156 e. The van der Waals surface area contributed by atoms with Crippen LogP contribution in [0.15, 0.2) is 24.7 Å². The number of aryl methyl sites for hydroxylation is 1. The topological polar surface area (TPSA) is 73.8 Å². The number of nitrogens with zero attached hydrogens (tertiary/aromatic N) is 6. The minimum absolute atomic E-state index is 0.404. The van der Waals surface area contributed by atoms with Gasteiger partial charge in [0.15, 0.2) is 5.82 Å². The van der Waals surface area contributed by atoms with Gasteiger partial charge in [0.1, 0.15) is 23.5 Å². The van der Waals surface area contributed by atoms with Crippen molar-refractivity contribution in [3.8, 4) is 0 Å². The molecule has 7 nitrogen and oxygen atoms in total. The number of likely N-dealkylation sites (N-methyl/N-ethyl adjacent to an activating group) is 1. The fourth-order valence-electron chi connectivity index (χ4n) is 4.05. The average molecular weight is 363 g/mol. The highest BCUT2D eigenvalue weighted by atomic mass is 15.3. The Bertz CT molecular complexity index is 962. The van der Waals surface area contributed by atoms with Gasteiger partial charge in [0.2, 0.25) is 0 Å². The summed E-state index contributed by atoms with van der Waals surface area (Å²) in [6, 6.07) is 4.51. The summed E-state index contributed by atoms with van der Waals surface area (Å²) in [7, 11) is 2.15. The minimum Gasteiger partial charge on any atom is -0.355 e. The van der Waals surface area contributed by atoms with E-state index in [4.69, 9.17) is 4.98 Å². The van der Waals surface area contributed by atoms with Crippen LogP contribution in [0.4, 0.5) is 11.6 Å². The summed E-state index contributed by atoms with van der Waals surface area (Å²) in [5.41, 5.74) is 3.14. The highest BCUT2D eigenvalue weighted by molar-refractivity contribution is 5.86. The van der Waals surface area contributed by atoms with Gasteiger partial charge in [0.05, 0.1) is 5.52 Å². The van der Waals surface area contributed by atoms with E-state index in [1.807, 2.05) is 12.3 Å². The first-order chi connectivity index (χ1) is 13.2. The molecule has 0 aromatic carbocycles. The van der Waals surface area contributed by atoms with E-state index in [1.54, 1.807) is 6.33 Å². The molecule has 27 heavy (non-hydrogen) atoms. The van der Waals surface area contributed by atoms with Crippen LogP contribution in [0.3, 0.4) is 0 Å². The number of aromatic amines is 1. The lowest BCUT2D eigenvalue weighted by molar-refractivity contribution is 0.483. The van der Waals surface area contributed by atoms with Gasteiger partial charge in [-0.05, 0) is 44.7 Å². The van der Waals surface area contributed by atoms with Crippen molar-refractivity contribution in [3.63, 3.8) is 0 Å². The second-order valence-corrected chi connectivity index (χ2v) is 7.81. The summed E-state index contributed by atoms with van der Waals surface area (Å²) >= 11 is 0. The van der Waals surface area contributed by atoms with Gasteiger partial charge in [-0.15, -0.1) is 0 Å². The Hall–Kier alpha value is -2.70. The zero-order valence-electron chi connectivity index (χ0n) is 15.9. The van der Waals surface area contributed by atoms with Gasteiger partial charge in [0.25, 0.3) is 0 Å². The first-order valence-corrected chi connectivity index (χ1v) is 9.80. The van der Waals surface area contributed by atoms with E-state index < -0.39 is 0 Å². The van der Waals surface area contributed by atoms with E-state index in [-0.39, 0.29) is 0 Å². The lowest BCUT2D eigenvalue weighted by atomic mass is 10.0. The van der Waals surface area contributed by atoms with Crippen LogP contribution in [0.1, 0.15) is 43.1 Å². The van der Waals surface area contributed by atoms with Crippen molar-refractivity contribution < 1.29 is 0 Å². The highest BCUT2D eigenvalue weighted by Crippen LogP contribution is 2.38. The third kappa shape index (κ3) is 3.11. The first-order valence-electron chi connectivity index (χ1n) is 9.80. The molecule has 1 N–H and O–H groups in total. The third-order valence-corrected chi connectivity index (χ3v) is 5.74. The fourth-order valence-corrected chi connectivity index (χ4v) is 4.05. The SMILES string of the molecule is Cc1cc2ncnc(N3CCCC(N(C)c4ccnc(C5CC5)n4)C3)c2[nH]1. The molecule has 1 aliphatic carbocycles.